The molecule has 0 radical (unpaired) electrons. The molecule has 0 saturated carbocycles. The van der Waals surface area contributed by atoms with Crippen LogP contribution < -0.4 is 10.0 Å². The molecule has 2 N–H and O–H groups in total. The molecule has 1 aliphatic heterocycles. The van der Waals surface area contributed by atoms with Gasteiger partial charge in [0.15, 0.2) is 0 Å². The van der Waals surface area contributed by atoms with E-state index in [9.17, 15) is 8.42 Å². The van der Waals surface area contributed by atoms with E-state index in [1.165, 1.54) is 0 Å². The fourth-order valence-electron chi connectivity index (χ4n) is 1.95. The molecule has 6 heteroatoms. The standard InChI is InChI=1S/C11H25N3O2S/c1-4-12-11-5-7-14(8-6-11)17(15,16)13-9-10(2)3/h10-13H,4-9H2,1-3H3. The quantitative estimate of drug-likeness (QED) is 0.736. The maximum Gasteiger partial charge on any atom is 0.279 e. The van der Waals surface area contributed by atoms with Gasteiger partial charge < -0.3 is 5.32 Å². The van der Waals surface area contributed by atoms with Crippen LogP contribution in [0.1, 0.15) is 33.6 Å². The van der Waals surface area contributed by atoms with Crippen LogP contribution in [0.25, 0.3) is 0 Å². The lowest BCUT2D eigenvalue weighted by Gasteiger charge is -2.31. The van der Waals surface area contributed by atoms with Crippen molar-refractivity contribution in [2.24, 2.45) is 5.92 Å². The minimum absolute atomic E-state index is 0.337. The van der Waals surface area contributed by atoms with Crippen LogP contribution in [-0.2, 0) is 10.2 Å². The molecular weight excluding hydrogens is 238 g/mol. The largest absolute Gasteiger partial charge is 0.314 e. The molecule has 1 aliphatic rings. The zero-order valence-electron chi connectivity index (χ0n) is 11.1. The van der Waals surface area contributed by atoms with Crippen molar-refractivity contribution in [3.05, 3.63) is 0 Å². The monoisotopic (exact) mass is 263 g/mol. The van der Waals surface area contributed by atoms with Crippen LogP contribution in [0.5, 0.6) is 0 Å². The Morgan fingerprint density at radius 2 is 1.88 bits per heavy atom. The number of hydrogen-bond donors (Lipinski definition) is 2. The van der Waals surface area contributed by atoms with Crippen molar-refractivity contribution in [3.8, 4) is 0 Å². The zero-order chi connectivity index (χ0) is 12.9. The Bertz CT molecular complexity index is 309. The second-order valence-corrected chi connectivity index (χ2v) is 6.73. The average Bonchev–Trinajstić information content (AvgIpc) is 2.28. The van der Waals surface area contributed by atoms with Gasteiger partial charge in [-0.1, -0.05) is 20.8 Å². The van der Waals surface area contributed by atoms with E-state index in [1.54, 1.807) is 4.31 Å². The van der Waals surface area contributed by atoms with Crippen LogP contribution in [0.2, 0.25) is 0 Å². The highest BCUT2D eigenvalue weighted by atomic mass is 32.2. The van der Waals surface area contributed by atoms with Crippen molar-refractivity contribution in [1.29, 1.82) is 0 Å². The van der Waals surface area contributed by atoms with Crippen molar-refractivity contribution in [2.75, 3.05) is 26.2 Å². The zero-order valence-corrected chi connectivity index (χ0v) is 11.9. The van der Waals surface area contributed by atoms with E-state index in [0.717, 1.165) is 19.4 Å². The Morgan fingerprint density at radius 3 is 2.35 bits per heavy atom. The van der Waals surface area contributed by atoms with Crippen LogP contribution in [0, 0.1) is 5.92 Å². The Balaban J connectivity index is 2.41. The topological polar surface area (TPSA) is 61.4 Å². The van der Waals surface area contributed by atoms with Gasteiger partial charge in [-0.05, 0) is 25.3 Å². The van der Waals surface area contributed by atoms with Crippen LogP contribution >= 0.6 is 0 Å². The Morgan fingerprint density at radius 1 is 1.29 bits per heavy atom. The molecule has 0 aromatic rings. The molecule has 1 saturated heterocycles. The average molecular weight is 263 g/mol. The van der Waals surface area contributed by atoms with Crippen molar-refractivity contribution in [3.63, 3.8) is 0 Å². The summed E-state index contributed by atoms with van der Waals surface area (Å²) in [4.78, 5) is 0. The predicted octanol–water partition coefficient (Wildman–Crippen LogP) is 0.551. The highest BCUT2D eigenvalue weighted by Crippen LogP contribution is 2.13. The Kier molecular flexibility index (Phi) is 5.85. The number of hydrogen-bond acceptors (Lipinski definition) is 3. The molecule has 0 spiro atoms. The van der Waals surface area contributed by atoms with Gasteiger partial charge in [-0.2, -0.15) is 12.7 Å². The van der Waals surface area contributed by atoms with Gasteiger partial charge in [0.25, 0.3) is 10.2 Å². The minimum Gasteiger partial charge on any atom is -0.314 e. The summed E-state index contributed by atoms with van der Waals surface area (Å²) in [6.07, 6.45) is 1.80. The SMILES string of the molecule is CCNC1CCN(S(=O)(=O)NCC(C)C)CC1. The van der Waals surface area contributed by atoms with Gasteiger partial charge in [0.2, 0.25) is 0 Å². The van der Waals surface area contributed by atoms with E-state index < -0.39 is 10.2 Å². The summed E-state index contributed by atoms with van der Waals surface area (Å²) >= 11 is 0. The Labute approximate surface area is 105 Å². The molecule has 1 fully saturated rings. The molecule has 1 rings (SSSR count). The molecule has 1 heterocycles. The van der Waals surface area contributed by atoms with Gasteiger partial charge in [0.05, 0.1) is 0 Å². The highest BCUT2D eigenvalue weighted by molar-refractivity contribution is 7.87. The molecular formula is C11H25N3O2S. The Hall–Kier alpha value is -0.170. The van der Waals surface area contributed by atoms with Gasteiger partial charge in [-0.15, -0.1) is 0 Å². The molecule has 0 aromatic heterocycles. The summed E-state index contributed by atoms with van der Waals surface area (Å²) < 4.78 is 28.1. The van der Waals surface area contributed by atoms with Crippen LogP contribution in [0.4, 0.5) is 0 Å². The van der Waals surface area contributed by atoms with Crippen LogP contribution in [0.3, 0.4) is 0 Å². The first-order valence-electron chi connectivity index (χ1n) is 6.43. The van der Waals surface area contributed by atoms with Crippen LogP contribution in [0.15, 0.2) is 0 Å². The number of nitrogens with one attached hydrogen (secondary N) is 2. The van der Waals surface area contributed by atoms with E-state index in [2.05, 4.69) is 17.0 Å². The van der Waals surface area contributed by atoms with E-state index in [0.29, 0.717) is 31.6 Å². The molecule has 102 valence electrons. The third-order valence-electron chi connectivity index (χ3n) is 2.96. The number of rotatable bonds is 6. The molecule has 0 unspecified atom stereocenters. The van der Waals surface area contributed by atoms with Crippen molar-refractivity contribution >= 4 is 10.2 Å². The molecule has 0 aromatic carbocycles. The second-order valence-electron chi connectivity index (χ2n) is 4.98. The van der Waals surface area contributed by atoms with Gasteiger partial charge in [-0.25, -0.2) is 4.72 Å². The third kappa shape index (κ3) is 4.91. The third-order valence-corrected chi connectivity index (χ3v) is 4.54. The van der Waals surface area contributed by atoms with Crippen LogP contribution in [-0.4, -0.2) is 44.9 Å². The molecule has 17 heavy (non-hydrogen) atoms. The predicted molar refractivity (Wildman–Crippen MR) is 70.0 cm³/mol. The van der Waals surface area contributed by atoms with E-state index >= 15 is 0 Å². The normalized spacial score (nSPS) is 20.0. The minimum atomic E-state index is -3.26. The smallest absolute Gasteiger partial charge is 0.279 e. The lowest BCUT2D eigenvalue weighted by atomic mass is 10.1. The maximum absolute atomic E-state index is 11.9. The van der Waals surface area contributed by atoms with E-state index in [1.807, 2.05) is 13.8 Å². The lowest BCUT2D eigenvalue weighted by molar-refractivity contribution is 0.289. The fourth-order valence-corrected chi connectivity index (χ4v) is 3.37. The van der Waals surface area contributed by atoms with Gasteiger partial charge >= 0.3 is 0 Å². The summed E-state index contributed by atoms with van der Waals surface area (Å²) in [5, 5.41) is 3.36. The molecule has 0 bridgehead atoms. The number of piperidine rings is 1. The molecule has 0 atom stereocenters. The summed E-state index contributed by atoms with van der Waals surface area (Å²) in [6, 6.07) is 0.469. The van der Waals surface area contributed by atoms with Crippen molar-refractivity contribution < 1.29 is 8.42 Å². The summed E-state index contributed by atoms with van der Waals surface area (Å²) in [5.74, 6) is 0.337. The first-order valence-corrected chi connectivity index (χ1v) is 7.87. The summed E-state index contributed by atoms with van der Waals surface area (Å²) in [7, 11) is -3.26. The lowest BCUT2D eigenvalue weighted by Crippen LogP contribution is -2.49. The van der Waals surface area contributed by atoms with E-state index in [-0.39, 0.29) is 0 Å². The first-order chi connectivity index (χ1) is 7.95. The molecule has 0 amide bonds. The maximum atomic E-state index is 11.9. The van der Waals surface area contributed by atoms with Gasteiger partial charge in [0, 0.05) is 25.7 Å². The van der Waals surface area contributed by atoms with Gasteiger partial charge in [0.1, 0.15) is 0 Å². The molecule has 5 nitrogen and oxygen atoms in total. The van der Waals surface area contributed by atoms with Crippen molar-refractivity contribution in [2.45, 2.75) is 39.7 Å². The number of nitrogens with zero attached hydrogens (tertiary/aromatic N) is 1. The first kappa shape index (κ1) is 14.9. The summed E-state index contributed by atoms with van der Waals surface area (Å²) in [6.45, 7) is 8.77. The van der Waals surface area contributed by atoms with Crippen molar-refractivity contribution in [1.82, 2.24) is 14.3 Å². The second kappa shape index (κ2) is 6.68. The fraction of sp³-hybridized carbons (Fsp3) is 1.00. The van der Waals surface area contributed by atoms with Gasteiger partial charge in [-0.3, -0.25) is 0 Å². The summed E-state index contributed by atoms with van der Waals surface area (Å²) in [5.41, 5.74) is 0. The highest BCUT2D eigenvalue weighted by Gasteiger charge is 2.27. The molecule has 0 aliphatic carbocycles. The van der Waals surface area contributed by atoms with E-state index in [4.69, 9.17) is 0 Å².